The van der Waals surface area contributed by atoms with Gasteiger partial charge in [-0.25, -0.2) is 0 Å². The van der Waals surface area contributed by atoms with Crippen molar-refractivity contribution in [3.63, 3.8) is 0 Å². The number of hydrogen-bond acceptors (Lipinski definition) is 3. The Bertz CT molecular complexity index is 686. The third-order valence-electron chi connectivity index (χ3n) is 5.33. The molecule has 0 saturated carbocycles. The van der Waals surface area contributed by atoms with Crippen LogP contribution in [0, 0.1) is 12.8 Å². The molecule has 0 aliphatic carbocycles. The lowest BCUT2D eigenvalue weighted by Gasteiger charge is -2.46. The number of piperazine rings is 2. The number of carbonyl (C=O) groups excluding carboxylic acids is 3. The van der Waals surface area contributed by atoms with Crippen molar-refractivity contribution in [3.05, 3.63) is 35.4 Å². The van der Waals surface area contributed by atoms with Gasteiger partial charge in [-0.2, -0.15) is 0 Å². The van der Waals surface area contributed by atoms with Crippen LogP contribution in [0.1, 0.15) is 36.2 Å². The molecule has 0 unspecified atom stereocenters. The van der Waals surface area contributed by atoms with Crippen LogP contribution in [-0.2, 0) is 9.59 Å². The zero-order valence-corrected chi connectivity index (χ0v) is 15.0. The van der Waals surface area contributed by atoms with E-state index in [1.165, 1.54) is 0 Å². The molecule has 0 radical (unpaired) electrons. The molecule has 3 rings (SSSR count). The van der Waals surface area contributed by atoms with E-state index >= 15 is 0 Å². The van der Waals surface area contributed by atoms with Gasteiger partial charge in [-0.05, 0) is 25.0 Å². The molecule has 2 fully saturated rings. The first-order valence-electron chi connectivity index (χ1n) is 8.89. The lowest BCUT2D eigenvalue weighted by atomic mass is 9.93. The summed E-state index contributed by atoms with van der Waals surface area (Å²) in [5.41, 5.74) is 1.70. The number of hydrogen-bond donors (Lipinski definition) is 1. The van der Waals surface area contributed by atoms with Crippen LogP contribution < -0.4 is 5.32 Å². The zero-order valence-electron chi connectivity index (χ0n) is 15.0. The van der Waals surface area contributed by atoms with Crippen LogP contribution in [0.3, 0.4) is 0 Å². The smallest absolute Gasteiger partial charge is 0.253 e. The Labute approximate surface area is 148 Å². The van der Waals surface area contributed by atoms with Gasteiger partial charge >= 0.3 is 0 Å². The van der Waals surface area contributed by atoms with E-state index in [2.05, 4.69) is 5.32 Å². The van der Waals surface area contributed by atoms with E-state index in [0.717, 1.165) is 12.0 Å². The molecule has 2 aliphatic heterocycles. The van der Waals surface area contributed by atoms with Crippen molar-refractivity contribution >= 4 is 17.7 Å². The van der Waals surface area contributed by atoms with Crippen molar-refractivity contribution < 1.29 is 14.4 Å². The molecule has 25 heavy (non-hydrogen) atoms. The third kappa shape index (κ3) is 3.25. The Morgan fingerprint density at radius 2 is 1.92 bits per heavy atom. The minimum Gasteiger partial charge on any atom is -0.342 e. The molecule has 2 saturated heterocycles. The van der Waals surface area contributed by atoms with Crippen molar-refractivity contribution in [1.82, 2.24) is 15.1 Å². The number of benzene rings is 1. The van der Waals surface area contributed by atoms with Crippen LogP contribution >= 0.6 is 0 Å². The summed E-state index contributed by atoms with van der Waals surface area (Å²) < 4.78 is 0. The first-order chi connectivity index (χ1) is 11.9. The van der Waals surface area contributed by atoms with Gasteiger partial charge in [0.2, 0.25) is 11.8 Å². The summed E-state index contributed by atoms with van der Waals surface area (Å²) in [6, 6.07) is 6.36. The van der Waals surface area contributed by atoms with Crippen LogP contribution in [0.5, 0.6) is 0 Å². The van der Waals surface area contributed by atoms with Gasteiger partial charge in [0.25, 0.3) is 5.91 Å². The van der Waals surface area contributed by atoms with Gasteiger partial charge in [0.15, 0.2) is 0 Å². The Hall–Kier alpha value is -2.37. The van der Waals surface area contributed by atoms with Crippen LogP contribution in [0.15, 0.2) is 24.3 Å². The molecule has 1 N–H and O–H groups in total. The SMILES string of the molecule is CC[C@H](C)[C@@H]1NC(=O)[C@H]2CN(C(=O)c3ccc(C)cc3)CCN2C1=O. The average molecular weight is 343 g/mol. The fourth-order valence-corrected chi connectivity index (χ4v) is 3.45. The average Bonchev–Trinajstić information content (AvgIpc) is 2.63. The summed E-state index contributed by atoms with van der Waals surface area (Å²) in [5.74, 6) is -0.179. The number of fused-ring (bicyclic) bond motifs is 1. The fourth-order valence-electron chi connectivity index (χ4n) is 3.45. The molecule has 2 aliphatic rings. The molecule has 2 heterocycles. The molecule has 3 atom stereocenters. The van der Waals surface area contributed by atoms with Crippen molar-refractivity contribution in [1.29, 1.82) is 0 Å². The molecule has 6 nitrogen and oxygen atoms in total. The summed E-state index contributed by atoms with van der Waals surface area (Å²) in [5, 5.41) is 2.85. The second-order valence-electron chi connectivity index (χ2n) is 7.04. The zero-order chi connectivity index (χ0) is 18.1. The predicted octanol–water partition coefficient (Wildman–Crippen LogP) is 1.19. The molecule has 3 amide bonds. The molecule has 6 heteroatoms. The molecular formula is C19H25N3O3. The number of carbonyl (C=O) groups is 3. The highest BCUT2D eigenvalue weighted by molar-refractivity contribution is 5.99. The standard InChI is InChI=1S/C19H25N3O3/c1-4-13(3)16-19(25)22-10-9-21(11-15(22)17(23)20-16)18(24)14-7-5-12(2)6-8-14/h5-8,13,15-16H,4,9-11H2,1-3H3,(H,20,23)/t13-,15+,16-/m0/s1. The molecule has 0 bridgehead atoms. The second kappa shape index (κ2) is 6.86. The van der Waals surface area contributed by atoms with Crippen molar-refractivity contribution in [2.45, 2.75) is 39.3 Å². The second-order valence-corrected chi connectivity index (χ2v) is 7.04. The van der Waals surface area contributed by atoms with Crippen LogP contribution in [0.4, 0.5) is 0 Å². The molecule has 1 aromatic carbocycles. The maximum Gasteiger partial charge on any atom is 0.253 e. The van der Waals surface area contributed by atoms with Gasteiger partial charge < -0.3 is 15.1 Å². The number of amides is 3. The van der Waals surface area contributed by atoms with E-state index in [0.29, 0.717) is 18.7 Å². The van der Waals surface area contributed by atoms with E-state index in [-0.39, 0.29) is 30.2 Å². The lowest BCUT2D eigenvalue weighted by molar-refractivity contribution is -0.153. The van der Waals surface area contributed by atoms with E-state index in [1.807, 2.05) is 32.9 Å². The Morgan fingerprint density at radius 1 is 1.24 bits per heavy atom. The maximum absolute atomic E-state index is 12.7. The summed E-state index contributed by atoms with van der Waals surface area (Å²) in [6.07, 6.45) is 0.827. The monoisotopic (exact) mass is 343 g/mol. The van der Waals surface area contributed by atoms with Gasteiger partial charge in [-0.15, -0.1) is 0 Å². The fraction of sp³-hybridized carbons (Fsp3) is 0.526. The number of nitrogens with one attached hydrogen (secondary N) is 1. The first-order valence-corrected chi connectivity index (χ1v) is 8.89. The molecular weight excluding hydrogens is 318 g/mol. The first kappa shape index (κ1) is 17.5. The van der Waals surface area contributed by atoms with Crippen molar-refractivity contribution in [3.8, 4) is 0 Å². The summed E-state index contributed by atoms with van der Waals surface area (Å²) in [6.45, 7) is 7.06. The van der Waals surface area contributed by atoms with Gasteiger partial charge in [-0.1, -0.05) is 38.0 Å². The van der Waals surface area contributed by atoms with Crippen molar-refractivity contribution in [2.75, 3.05) is 19.6 Å². The maximum atomic E-state index is 12.7. The molecule has 134 valence electrons. The Morgan fingerprint density at radius 3 is 2.56 bits per heavy atom. The largest absolute Gasteiger partial charge is 0.342 e. The predicted molar refractivity (Wildman–Crippen MR) is 94.0 cm³/mol. The van der Waals surface area contributed by atoms with Gasteiger partial charge in [-0.3, -0.25) is 14.4 Å². The van der Waals surface area contributed by atoms with Crippen LogP contribution in [-0.4, -0.2) is 59.2 Å². The number of rotatable bonds is 3. The number of nitrogens with zero attached hydrogens (tertiary/aromatic N) is 2. The minimum atomic E-state index is -0.587. The number of aryl methyl sites for hydroxylation is 1. The highest BCUT2D eigenvalue weighted by atomic mass is 16.2. The third-order valence-corrected chi connectivity index (χ3v) is 5.33. The van der Waals surface area contributed by atoms with Gasteiger partial charge in [0.05, 0.1) is 6.54 Å². The molecule has 0 aromatic heterocycles. The molecule has 0 spiro atoms. The topological polar surface area (TPSA) is 69.7 Å². The van der Waals surface area contributed by atoms with E-state index in [1.54, 1.807) is 21.9 Å². The summed E-state index contributed by atoms with van der Waals surface area (Å²) >= 11 is 0. The van der Waals surface area contributed by atoms with Crippen molar-refractivity contribution in [2.24, 2.45) is 5.92 Å². The van der Waals surface area contributed by atoms with E-state index < -0.39 is 12.1 Å². The lowest BCUT2D eigenvalue weighted by Crippen LogP contribution is -2.70. The van der Waals surface area contributed by atoms with E-state index in [4.69, 9.17) is 0 Å². The Balaban J connectivity index is 1.73. The summed E-state index contributed by atoms with van der Waals surface area (Å²) in [4.78, 5) is 41.2. The molecule has 1 aromatic rings. The van der Waals surface area contributed by atoms with E-state index in [9.17, 15) is 14.4 Å². The summed E-state index contributed by atoms with van der Waals surface area (Å²) in [7, 11) is 0. The van der Waals surface area contributed by atoms with Crippen LogP contribution in [0.25, 0.3) is 0 Å². The highest BCUT2D eigenvalue weighted by Gasteiger charge is 2.45. The quantitative estimate of drug-likeness (QED) is 0.896. The highest BCUT2D eigenvalue weighted by Crippen LogP contribution is 2.22. The normalized spacial score (nSPS) is 24.6. The van der Waals surface area contributed by atoms with Gasteiger partial charge in [0.1, 0.15) is 12.1 Å². The minimum absolute atomic E-state index is 0.0265. The Kier molecular flexibility index (Phi) is 4.79. The van der Waals surface area contributed by atoms with Crippen LogP contribution in [0.2, 0.25) is 0 Å². The van der Waals surface area contributed by atoms with Gasteiger partial charge in [0, 0.05) is 18.7 Å².